The first-order valence-electron chi connectivity index (χ1n) is 5.28. The second-order valence-electron chi connectivity index (χ2n) is 4.22. The Hall–Kier alpha value is -2.18. The number of nitrogens with zero attached hydrogens (tertiary/aromatic N) is 4. The summed E-state index contributed by atoms with van der Waals surface area (Å²) in [4.78, 5) is 4.58. The number of anilines is 1. The van der Waals surface area contributed by atoms with Crippen molar-refractivity contribution >= 4 is 11.9 Å². The highest BCUT2D eigenvalue weighted by atomic mass is 16.5. The molecule has 0 saturated heterocycles. The predicted octanol–water partition coefficient (Wildman–Crippen LogP) is -1.93. The summed E-state index contributed by atoms with van der Waals surface area (Å²) in [6.07, 6.45) is 5.46. The van der Waals surface area contributed by atoms with E-state index in [4.69, 9.17) is 0 Å². The van der Waals surface area contributed by atoms with Crippen LogP contribution in [0.25, 0.3) is 6.08 Å². The van der Waals surface area contributed by atoms with Crippen molar-refractivity contribution in [3.8, 4) is 0 Å². The summed E-state index contributed by atoms with van der Waals surface area (Å²) < 4.78 is 1.73. The van der Waals surface area contributed by atoms with Gasteiger partial charge in [-0.3, -0.25) is 0 Å². The van der Waals surface area contributed by atoms with Gasteiger partial charge in [0.25, 0.3) is 5.82 Å². The van der Waals surface area contributed by atoms with Crippen LogP contribution >= 0.6 is 0 Å². The van der Waals surface area contributed by atoms with E-state index >= 15 is 0 Å². The lowest BCUT2D eigenvalue weighted by atomic mass is 10.4. The smallest absolute Gasteiger partial charge is 0.466 e. The minimum Gasteiger partial charge on any atom is -0.691 e. The van der Waals surface area contributed by atoms with E-state index in [0.717, 1.165) is 11.3 Å². The first kappa shape index (κ1) is 11.3. The Morgan fingerprint density at radius 2 is 1.88 bits per heavy atom. The first-order valence-corrected chi connectivity index (χ1v) is 5.28. The number of hydrogen-bond donors (Lipinski definition) is 2. The number of rotatable bonds is 2. The highest BCUT2D eigenvalue weighted by Gasteiger charge is 2.24. The molecule has 2 rings (SSSR count). The van der Waals surface area contributed by atoms with Gasteiger partial charge in [0.15, 0.2) is 0 Å². The maximum Gasteiger partial charge on any atom is 0.466 e. The van der Waals surface area contributed by atoms with Crippen LogP contribution in [0.2, 0.25) is 0 Å². The van der Waals surface area contributed by atoms with Gasteiger partial charge in [0, 0.05) is 6.20 Å². The SMILES string of the molecule is CN(C)C(N(C)C)=[n+]1[nH][n+]([O-])c2c1=CC=CN2. The minimum atomic E-state index is 0.494. The zero-order valence-corrected chi connectivity index (χ0v) is 10.4. The van der Waals surface area contributed by atoms with E-state index in [-0.39, 0.29) is 0 Å². The van der Waals surface area contributed by atoms with Gasteiger partial charge in [0.1, 0.15) is 0 Å². The molecule has 0 bridgehead atoms. The molecule has 1 aliphatic heterocycles. The molecule has 1 aromatic heterocycles. The third-order valence-corrected chi connectivity index (χ3v) is 2.45. The third kappa shape index (κ3) is 1.79. The molecule has 7 heteroatoms. The molecule has 1 aliphatic rings. The van der Waals surface area contributed by atoms with Gasteiger partial charge in [-0.05, 0) is 16.5 Å². The standard InChI is InChI=1S/C10H17N6O/c1-13(2)10(14(3)4)15-8-6-5-7-11-9(8)16(17)12-15/h5-7,11-12H,1-4H3/q+1. The molecule has 0 amide bonds. The quantitative estimate of drug-likeness (QED) is 0.464. The van der Waals surface area contributed by atoms with Gasteiger partial charge in [-0.2, -0.15) is 0 Å². The van der Waals surface area contributed by atoms with Crippen LogP contribution in [0.15, 0.2) is 12.3 Å². The van der Waals surface area contributed by atoms with Crippen molar-refractivity contribution in [3.63, 3.8) is 0 Å². The van der Waals surface area contributed by atoms with E-state index in [1.165, 1.54) is 0 Å². The molecule has 0 spiro atoms. The van der Waals surface area contributed by atoms with Crippen LogP contribution in [0.4, 0.5) is 5.82 Å². The highest BCUT2D eigenvalue weighted by molar-refractivity contribution is 5.48. The summed E-state index contributed by atoms with van der Waals surface area (Å²) >= 11 is 0. The van der Waals surface area contributed by atoms with E-state index in [2.05, 4.69) is 10.5 Å². The zero-order chi connectivity index (χ0) is 12.6. The van der Waals surface area contributed by atoms with E-state index in [9.17, 15) is 5.21 Å². The Kier molecular flexibility index (Phi) is 2.66. The largest absolute Gasteiger partial charge is 0.691 e. The van der Waals surface area contributed by atoms with E-state index < -0.39 is 0 Å². The van der Waals surface area contributed by atoms with Gasteiger partial charge in [-0.15, -0.1) is 4.85 Å². The van der Waals surface area contributed by atoms with Gasteiger partial charge >= 0.3 is 5.96 Å². The Morgan fingerprint density at radius 3 is 2.47 bits per heavy atom. The molecule has 92 valence electrons. The van der Waals surface area contributed by atoms with Crippen LogP contribution in [-0.4, -0.2) is 43.2 Å². The highest BCUT2D eigenvalue weighted by Crippen LogP contribution is 1.95. The van der Waals surface area contributed by atoms with E-state index in [0.29, 0.717) is 10.7 Å². The lowest BCUT2D eigenvalue weighted by Crippen LogP contribution is -2.50. The van der Waals surface area contributed by atoms with Crippen molar-refractivity contribution in [2.75, 3.05) is 33.5 Å². The lowest BCUT2D eigenvalue weighted by molar-refractivity contribution is -0.784. The minimum absolute atomic E-state index is 0.494. The van der Waals surface area contributed by atoms with Crippen molar-refractivity contribution in [2.45, 2.75) is 0 Å². The monoisotopic (exact) mass is 237 g/mol. The number of aromatic amines is 1. The second-order valence-corrected chi connectivity index (χ2v) is 4.22. The van der Waals surface area contributed by atoms with Gasteiger partial charge in [-0.1, -0.05) is 5.21 Å². The number of fused-ring (bicyclic) bond motifs is 1. The number of allylic oxidation sites excluding steroid dienone is 1. The van der Waals surface area contributed by atoms with E-state index in [1.807, 2.05) is 50.1 Å². The van der Waals surface area contributed by atoms with Crippen LogP contribution in [0.5, 0.6) is 0 Å². The molecular formula is C10H17N6O+. The maximum atomic E-state index is 11.7. The van der Waals surface area contributed by atoms with Crippen molar-refractivity contribution in [1.82, 2.24) is 15.0 Å². The van der Waals surface area contributed by atoms with Crippen LogP contribution in [0.3, 0.4) is 0 Å². The average Bonchev–Trinajstić information content (AvgIpc) is 2.56. The molecule has 0 aromatic carbocycles. The van der Waals surface area contributed by atoms with E-state index in [1.54, 1.807) is 10.6 Å². The van der Waals surface area contributed by atoms with Gasteiger partial charge < -0.3 is 10.5 Å². The summed E-state index contributed by atoms with van der Waals surface area (Å²) in [5.74, 6) is 1.36. The fourth-order valence-electron chi connectivity index (χ4n) is 1.91. The fraction of sp³-hybridized carbons (Fsp3) is 0.400. The molecule has 17 heavy (non-hydrogen) atoms. The number of aromatic nitrogens is 3. The molecule has 1 aromatic rings. The van der Waals surface area contributed by atoms with Crippen LogP contribution < -0.4 is 19.9 Å². The molecule has 0 fully saturated rings. The van der Waals surface area contributed by atoms with Gasteiger partial charge in [-0.25, -0.2) is 9.80 Å². The summed E-state index contributed by atoms with van der Waals surface area (Å²) in [5, 5.41) is 18.2. The van der Waals surface area contributed by atoms with Gasteiger partial charge in [0.05, 0.1) is 28.2 Å². The number of nitrogens with one attached hydrogen (secondary N) is 2. The predicted molar refractivity (Wildman–Crippen MR) is 62.8 cm³/mol. The van der Waals surface area contributed by atoms with Crippen molar-refractivity contribution < 1.29 is 9.20 Å². The van der Waals surface area contributed by atoms with Crippen LogP contribution in [-0.2, 0) is 0 Å². The van der Waals surface area contributed by atoms with Crippen molar-refractivity contribution in [1.29, 1.82) is 0 Å². The Balaban J connectivity index is 2.84. The topological polar surface area (TPSA) is 67.1 Å². The van der Waals surface area contributed by atoms with Crippen molar-refractivity contribution in [3.05, 3.63) is 28.8 Å². The molecule has 2 heterocycles. The Morgan fingerprint density at radius 1 is 1.24 bits per heavy atom. The number of hydrogen-bond acceptors (Lipinski definition) is 4. The molecule has 0 radical (unpaired) electrons. The molecule has 0 saturated carbocycles. The summed E-state index contributed by atoms with van der Waals surface area (Å²) in [6, 6.07) is 0. The molecule has 0 atom stereocenters. The normalized spacial score (nSPS) is 12.5. The summed E-state index contributed by atoms with van der Waals surface area (Å²) in [6.45, 7) is 0. The fourth-order valence-corrected chi connectivity index (χ4v) is 1.91. The lowest BCUT2D eigenvalue weighted by Gasteiger charge is -2.08. The summed E-state index contributed by atoms with van der Waals surface area (Å²) in [5.41, 5.74) is 0. The zero-order valence-electron chi connectivity index (χ0n) is 10.4. The van der Waals surface area contributed by atoms with Crippen LogP contribution in [0, 0.1) is 11.2 Å². The first-order chi connectivity index (χ1) is 8.02. The molecular weight excluding hydrogens is 220 g/mol. The second kappa shape index (κ2) is 4.00. The van der Waals surface area contributed by atoms with Gasteiger partial charge in [0.2, 0.25) is 5.35 Å². The maximum absolute atomic E-state index is 11.7. The summed E-state index contributed by atoms with van der Waals surface area (Å²) in [7, 11) is 7.71. The molecule has 7 nitrogen and oxygen atoms in total. The average molecular weight is 237 g/mol. The Labute approximate surface area is 99.1 Å². The third-order valence-electron chi connectivity index (χ3n) is 2.45. The van der Waals surface area contributed by atoms with Crippen LogP contribution in [0.1, 0.15) is 0 Å². The molecule has 0 unspecified atom stereocenters. The molecule has 0 aliphatic carbocycles. The number of H-pyrrole nitrogens is 1. The van der Waals surface area contributed by atoms with Crippen molar-refractivity contribution in [2.24, 2.45) is 0 Å². The Bertz CT molecular complexity index is 558. The molecule has 2 N–H and O–H groups in total.